The molecule has 1 fully saturated rings. The Balaban J connectivity index is 1.77. The van der Waals surface area contributed by atoms with Crippen LogP contribution in [-0.2, 0) is 6.42 Å². The van der Waals surface area contributed by atoms with Crippen LogP contribution in [0, 0.1) is 17.6 Å². The summed E-state index contributed by atoms with van der Waals surface area (Å²) in [6.45, 7) is 2.99. The molecule has 1 aromatic rings. The standard InChI is InChI=1S/C15H21F2N/c1-11(13-4-2-3-5-13)18-7-6-12-8-14(16)10-15(17)9-12/h8-11,13,18H,2-7H2,1H3. The van der Waals surface area contributed by atoms with Crippen molar-refractivity contribution in [3.63, 3.8) is 0 Å². The number of hydrogen-bond acceptors (Lipinski definition) is 1. The molecule has 1 aromatic carbocycles. The van der Waals surface area contributed by atoms with E-state index in [0.29, 0.717) is 12.5 Å². The third-order valence-electron chi connectivity index (χ3n) is 3.91. The molecule has 1 aliphatic rings. The van der Waals surface area contributed by atoms with Crippen LogP contribution in [0.1, 0.15) is 38.2 Å². The van der Waals surface area contributed by atoms with Gasteiger partial charge in [0.1, 0.15) is 11.6 Å². The molecule has 0 heterocycles. The van der Waals surface area contributed by atoms with Crippen molar-refractivity contribution in [2.45, 2.75) is 45.1 Å². The maximum atomic E-state index is 13.0. The van der Waals surface area contributed by atoms with Gasteiger partial charge in [-0.05, 0) is 56.3 Å². The number of hydrogen-bond donors (Lipinski definition) is 1. The third kappa shape index (κ3) is 3.77. The lowest BCUT2D eigenvalue weighted by Crippen LogP contribution is -2.33. The van der Waals surface area contributed by atoms with Crippen LogP contribution in [0.25, 0.3) is 0 Å². The molecule has 0 aromatic heterocycles. The van der Waals surface area contributed by atoms with E-state index >= 15 is 0 Å². The van der Waals surface area contributed by atoms with E-state index in [1.165, 1.54) is 37.8 Å². The summed E-state index contributed by atoms with van der Waals surface area (Å²) in [7, 11) is 0. The van der Waals surface area contributed by atoms with Crippen LogP contribution < -0.4 is 5.32 Å². The van der Waals surface area contributed by atoms with E-state index in [-0.39, 0.29) is 0 Å². The molecule has 2 rings (SSSR count). The highest BCUT2D eigenvalue weighted by Gasteiger charge is 2.20. The molecule has 0 radical (unpaired) electrons. The molecule has 1 unspecified atom stereocenters. The van der Waals surface area contributed by atoms with Gasteiger partial charge in [0, 0.05) is 12.1 Å². The van der Waals surface area contributed by atoms with E-state index in [9.17, 15) is 8.78 Å². The van der Waals surface area contributed by atoms with Crippen molar-refractivity contribution < 1.29 is 8.78 Å². The Hall–Kier alpha value is -0.960. The first-order valence-electron chi connectivity index (χ1n) is 6.83. The molecular formula is C15H21F2N. The summed E-state index contributed by atoms with van der Waals surface area (Å²) in [5, 5.41) is 3.47. The van der Waals surface area contributed by atoms with Gasteiger partial charge in [-0.15, -0.1) is 0 Å². The van der Waals surface area contributed by atoms with Gasteiger partial charge in [0.25, 0.3) is 0 Å². The van der Waals surface area contributed by atoms with Gasteiger partial charge < -0.3 is 5.32 Å². The molecule has 3 heteroatoms. The fraction of sp³-hybridized carbons (Fsp3) is 0.600. The van der Waals surface area contributed by atoms with E-state index in [0.717, 1.165) is 24.1 Å². The van der Waals surface area contributed by atoms with Crippen LogP contribution in [0.3, 0.4) is 0 Å². The topological polar surface area (TPSA) is 12.0 Å². The minimum atomic E-state index is -0.492. The zero-order valence-corrected chi connectivity index (χ0v) is 10.9. The fourth-order valence-electron chi connectivity index (χ4n) is 2.82. The summed E-state index contributed by atoms with van der Waals surface area (Å²) in [6, 6.07) is 4.24. The minimum Gasteiger partial charge on any atom is -0.314 e. The lowest BCUT2D eigenvalue weighted by Gasteiger charge is -2.20. The molecule has 0 amide bonds. The van der Waals surface area contributed by atoms with Crippen LogP contribution in [0.5, 0.6) is 0 Å². The van der Waals surface area contributed by atoms with E-state index in [1.807, 2.05) is 0 Å². The monoisotopic (exact) mass is 253 g/mol. The fourth-order valence-corrected chi connectivity index (χ4v) is 2.82. The van der Waals surface area contributed by atoms with Gasteiger partial charge >= 0.3 is 0 Å². The normalized spacial score (nSPS) is 18.2. The molecule has 1 aliphatic carbocycles. The summed E-state index contributed by atoms with van der Waals surface area (Å²) in [4.78, 5) is 0. The van der Waals surface area contributed by atoms with Crippen molar-refractivity contribution in [2.75, 3.05) is 6.54 Å². The summed E-state index contributed by atoms with van der Waals surface area (Å²) in [6.07, 6.45) is 5.97. The quantitative estimate of drug-likeness (QED) is 0.844. The van der Waals surface area contributed by atoms with Gasteiger partial charge in [0.2, 0.25) is 0 Å². The average molecular weight is 253 g/mol. The predicted octanol–water partition coefficient (Wildman–Crippen LogP) is 3.68. The molecule has 100 valence electrons. The third-order valence-corrected chi connectivity index (χ3v) is 3.91. The number of halogens is 2. The van der Waals surface area contributed by atoms with E-state index in [4.69, 9.17) is 0 Å². The SMILES string of the molecule is CC(NCCc1cc(F)cc(F)c1)C1CCCC1. The number of benzene rings is 1. The first kappa shape index (κ1) is 13.5. The number of rotatable bonds is 5. The predicted molar refractivity (Wildman–Crippen MR) is 69.5 cm³/mol. The summed E-state index contributed by atoms with van der Waals surface area (Å²) < 4.78 is 26.0. The molecule has 0 bridgehead atoms. The zero-order valence-electron chi connectivity index (χ0n) is 10.9. The Morgan fingerprint density at radius 3 is 2.39 bits per heavy atom. The summed E-state index contributed by atoms with van der Waals surface area (Å²) >= 11 is 0. The Morgan fingerprint density at radius 1 is 1.17 bits per heavy atom. The average Bonchev–Trinajstić information content (AvgIpc) is 2.80. The lowest BCUT2D eigenvalue weighted by molar-refractivity contribution is 0.384. The van der Waals surface area contributed by atoms with Crippen LogP contribution in [0.15, 0.2) is 18.2 Å². The van der Waals surface area contributed by atoms with Gasteiger partial charge in [-0.3, -0.25) is 0 Å². The molecule has 1 atom stereocenters. The second-order valence-corrected chi connectivity index (χ2v) is 5.32. The number of nitrogens with one attached hydrogen (secondary N) is 1. The second kappa shape index (κ2) is 6.28. The first-order chi connectivity index (χ1) is 8.65. The van der Waals surface area contributed by atoms with Gasteiger partial charge in [-0.1, -0.05) is 12.8 Å². The highest BCUT2D eigenvalue weighted by atomic mass is 19.1. The Kier molecular flexibility index (Phi) is 4.70. The summed E-state index contributed by atoms with van der Waals surface area (Å²) in [5.41, 5.74) is 0.721. The van der Waals surface area contributed by atoms with E-state index in [2.05, 4.69) is 12.2 Å². The van der Waals surface area contributed by atoms with Crippen molar-refractivity contribution in [3.05, 3.63) is 35.4 Å². The molecule has 18 heavy (non-hydrogen) atoms. The molecule has 0 spiro atoms. The smallest absolute Gasteiger partial charge is 0.126 e. The van der Waals surface area contributed by atoms with E-state index < -0.39 is 11.6 Å². The van der Waals surface area contributed by atoms with Crippen LogP contribution in [0.2, 0.25) is 0 Å². The molecule has 1 N–H and O–H groups in total. The maximum absolute atomic E-state index is 13.0. The first-order valence-corrected chi connectivity index (χ1v) is 6.83. The van der Waals surface area contributed by atoms with Crippen LogP contribution in [-0.4, -0.2) is 12.6 Å². The van der Waals surface area contributed by atoms with Crippen molar-refractivity contribution >= 4 is 0 Å². The van der Waals surface area contributed by atoms with Crippen molar-refractivity contribution in [2.24, 2.45) is 5.92 Å². The van der Waals surface area contributed by atoms with Gasteiger partial charge in [-0.2, -0.15) is 0 Å². The van der Waals surface area contributed by atoms with Crippen molar-refractivity contribution in [1.82, 2.24) is 5.32 Å². The molecule has 1 saturated carbocycles. The Bertz CT molecular complexity index is 366. The Labute approximate surface area is 108 Å². The van der Waals surface area contributed by atoms with Gasteiger partial charge in [0.15, 0.2) is 0 Å². The van der Waals surface area contributed by atoms with Crippen LogP contribution in [0.4, 0.5) is 8.78 Å². The largest absolute Gasteiger partial charge is 0.314 e. The van der Waals surface area contributed by atoms with Gasteiger partial charge in [-0.25, -0.2) is 8.78 Å². The summed E-state index contributed by atoms with van der Waals surface area (Å²) in [5.74, 6) is -0.211. The molecule has 1 nitrogen and oxygen atoms in total. The van der Waals surface area contributed by atoms with Gasteiger partial charge in [0.05, 0.1) is 0 Å². The minimum absolute atomic E-state index is 0.492. The molecule has 0 saturated heterocycles. The van der Waals surface area contributed by atoms with Crippen molar-refractivity contribution in [3.8, 4) is 0 Å². The lowest BCUT2D eigenvalue weighted by atomic mass is 9.99. The highest BCUT2D eigenvalue weighted by molar-refractivity contribution is 5.18. The van der Waals surface area contributed by atoms with E-state index in [1.54, 1.807) is 0 Å². The second-order valence-electron chi connectivity index (χ2n) is 5.32. The molecular weight excluding hydrogens is 232 g/mol. The maximum Gasteiger partial charge on any atom is 0.126 e. The zero-order chi connectivity index (χ0) is 13.0. The van der Waals surface area contributed by atoms with Crippen LogP contribution >= 0.6 is 0 Å². The highest BCUT2D eigenvalue weighted by Crippen LogP contribution is 2.27. The Morgan fingerprint density at radius 2 is 1.78 bits per heavy atom. The van der Waals surface area contributed by atoms with Crippen molar-refractivity contribution in [1.29, 1.82) is 0 Å². The molecule has 0 aliphatic heterocycles.